The number of rotatable bonds is 0. The second kappa shape index (κ2) is 12.6. The van der Waals surface area contributed by atoms with Gasteiger partial charge in [-0.05, 0) is 127 Å². The summed E-state index contributed by atoms with van der Waals surface area (Å²) in [4.78, 5) is 11.2. The van der Waals surface area contributed by atoms with Crippen molar-refractivity contribution in [1.82, 2.24) is 19.9 Å². The van der Waals surface area contributed by atoms with Crippen LogP contribution in [-0.2, 0) is 24.7 Å². The lowest BCUT2D eigenvalue weighted by atomic mass is 10.1. The first-order chi connectivity index (χ1) is 21.7. The van der Waals surface area contributed by atoms with E-state index in [1.165, 1.54) is 0 Å². The molecule has 2 aliphatic heterocycles. The first-order valence-electron chi connectivity index (χ1n) is 11.7. The maximum absolute atomic E-state index is 14.8. The fourth-order valence-electron chi connectivity index (χ4n) is 4.67. The Morgan fingerprint density at radius 1 is 0.333 bits per heavy atom. The Bertz CT molecular complexity index is 1880. The normalized spacial score (nSPS) is 14.9. The molecule has 0 amide bonds. The molecule has 0 aliphatic carbocycles. The third-order valence-corrected chi connectivity index (χ3v) is 14.9. The van der Waals surface area contributed by atoms with Crippen LogP contribution >= 0.6 is 127 Å². The second-order valence-corrected chi connectivity index (χ2v) is 15.7. The largest absolute Gasteiger partial charge is 0.420 e. The van der Waals surface area contributed by atoms with E-state index in [9.17, 15) is 52.7 Å². The summed E-state index contributed by atoms with van der Waals surface area (Å²) in [6.07, 6.45) is -21.9. The molecule has 0 aromatic carbocycles. The Kier molecular flexibility index (Phi) is 10.2. The standard InChI is InChI=1S/C24H2Br8F12N4/c25-5-7(27)15-2(22(36,37)38)17-9(29)11(31)19(47-17)4(24(42,43)44)20-12(32)10(30)18(48-20)3(23(39,40)41)16-8(28)6(26)14(46-16)1(13(5)45-15)21(33,34)35/h45,48H. The molecule has 3 aromatic rings. The number of hydrogen-bond donors (Lipinski definition) is 2. The van der Waals surface area contributed by atoms with E-state index in [2.05, 4.69) is 137 Å². The van der Waals surface area contributed by atoms with E-state index in [1.807, 2.05) is 9.97 Å². The van der Waals surface area contributed by atoms with Gasteiger partial charge in [-0.15, -0.1) is 0 Å². The molecular weight excluding hydrogens is 1210 g/mol. The molecule has 2 aliphatic rings. The monoisotopic (exact) mass is 1210 g/mol. The summed E-state index contributed by atoms with van der Waals surface area (Å²) >= 11 is 22.5. The first-order valence-corrected chi connectivity index (χ1v) is 18.0. The summed E-state index contributed by atoms with van der Waals surface area (Å²) in [6, 6.07) is 0. The van der Waals surface area contributed by atoms with E-state index in [4.69, 9.17) is 0 Å². The Labute approximate surface area is 324 Å². The molecule has 0 atom stereocenters. The van der Waals surface area contributed by atoms with Crippen molar-refractivity contribution in [2.75, 3.05) is 0 Å². The predicted molar refractivity (Wildman–Crippen MR) is 181 cm³/mol. The van der Waals surface area contributed by atoms with Crippen LogP contribution in [-0.4, -0.2) is 19.9 Å². The molecule has 0 unspecified atom stereocenters. The van der Waals surface area contributed by atoms with Gasteiger partial charge in [0.05, 0.1) is 80.7 Å². The van der Waals surface area contributed by atoms with E-state index in [0.29, 0.717) is 0 Å². The predicted octanol–water partition coefficient (Wildman–Crippen LogP) is 14.7. The highest BCUT2D eigenvalue weighted by atomic mass is 79.9. The quantitative estimate of drug-likeness (QED) is 0.220. The summed E-state index contributed by atoms with van der Waals surface area (Å²) in [7, 11) is 0. The Balaban J connectivity index is 2.33. The van der Waals surface area contributed by atoms with E-state index in [1.54, 1.807) is 0 Å². The summed E-state index contributed by atoms with van der Waals surface area (Å²) < 4.78 is 172. The summed E-state index contributed by atoms with van der Waals surface area (Å²) in [5.41, 5.74) is -16.6. The Morgan fingerprint density at radius 3 is 0.646 bits per heavy atom. The molecule has 0 radical (unpaired) electrons. The van der Waals surface area contributed by atoms with Gasteiger partial charge in [-0.3, -0.25) is 0 Å². The first kappa shape index (κ1) is 38.8. The van der Waals surface area contributed by atoms with Crippen LogP contribution < -0.4 is 0 Å². The van der Waals surface area contributed by atoms with Gasteiger partial charge in [-0.25, -0.2) is 9.97 Å². The zero-order chi connectivity index (χ0) is 36.4. The van der Waals surface area contributed by atoms with Crippen molar-refractivity contribution in [2.24, 2.45) is 0 Å². The van der Waals surface area contributed by atoms with E-state index in [0.717, 1.165) is 0 Å². The van der Waals surface area contributed by atoms with Gasteiger partial charge < -0.3 is 9.97 Å². The Hall–Kier alpha value is -0.400. The smallest absolute Gasteiger partial charge is 0.352 e. The minimum absolute atomic E-state index is 0.687. The zero-order valence-electron chi connectivity index (χ0n) is 21.5. The van der Waals surface area contributed by atoms with Crippen molar-refractivity contribution in [3.05, 3.63) is 62.9 Å². The molecule has 8 bridgehead atoms. The van der Waals surface area contributed by atoms with Crippen molar-refractivity contribution in [2.45, 2.75) is 24.7 Å². The lowest BCUT2D eigenvalue weighted by Gasteiger charge is -2.11. The van der Waals surface area contributed by atoms with Gasteiger partial charge in [0.15, 0.2) is 0 Å². The number of fused-ring (bicyclic) bond motifs is 8. The number of alkyl halides is 12. The summed E-state index contributed by atoms with van der Waals surface area (Å²) in [6.45, 7) is 0. The van der Waals surface area contributed by atoms with Gasteiger partial charge in [0, 0.05) is 0 Å². The van der Waals surface area contributed by atoms with Crippen molar-refractivity contribution < 1.29 is 52.7 Å². The number of nitrogens with zero attached hydrogens (tertiary/aromatic N) is 2. The molecule has 5 rings (SSSR count). The average Bonchev–Trinajstić information content (AvgIpc) is 3.55. The highest BCUT2D eigenvalue weighted by Crippen LogP contribution is 2.54. The lowest BCUT2D eigenvalue weighted by molar-refractivity contribution is -0.137. The minimum atomic E-state index is -5.48. The van der Waals surface area contributed by atoms with Crippen LogP contribution in [0.15, 0.2) is 17.9 Å². The molecule has 3 aromatic heterocycles. The summed E-state index contributed by atoms with van der Waals surface area (Å²) in [5.74, 6) is 0. The number of halogens is 20. The molecule has 0 saturated carbocycles. The molecule has 2 N–H and O–H groups in total. The number of hydrogen-bond acceptors (Lipinski definition) is 2. The molecule has 0 saturated heterocycles. The maximum atomic E-state index is 14.8. The third kappa shape index (κ3) is 6.34. The third-order valence-electron chi connectivity index (χ3n) is 6.51. The van der Waals surface area contributed by atoms with E-state index >= 15 is 0 Å². The SMILES string of the molecule is FC(F)(F)c1c2nc(c(C(F)(F)F)c3[nH]c(c(Br)c3Br)c(C(F)(F)F)c3nc(c(C(F)(F)F)c4[nH]c1c(Br)c4Br)C(Br)=C3Br)C(Br)=C2Br. The molecule has 0 fully saturated rings. The fraction of sp³-hybridized carbons (Fsp3) is 0.167. The van der Waals surface area contributed by atoms with Crippen LogP contribution in [0.4, 0.5) is 52.7 Å². The molecular formula is C24H2Br8F12N4. The van der Waals surface area contributed by atoms with Crippen molar-refractivity contribution in [3.8, 4) is 0 Å². The van der Waals surface area contributed by atoms with Gasteiger partial charge in [-0.2, -0.15) is 52.7 Å². The minimum Gasteiger partial charge on any atom is -0.352 e. The van der Waals surface area contributed by atoms with Crippen molar-refractivity contribution in [1.29, 1.82) is 0 Å². The molecule has 0 spiro atoms. The lowest BCUT2D eigenvalue weighted by Crippen LogP contribution is -2.11. The van der Waals surface area contributed by atoms with Crippen LogP contribution in [0.2, 0.25) is 0 Å². The molecule has 4 nitrogen and oxygen atoms in total. The number of H-pyrrole nitrogens is 2. The molecule has 48 heavy (non-hydrogen) atoms. The highest BCUT2D eigenvalue weighted by molar-refractivity contribution is 9.18. The topological polar surface area (TPSA) is 57.4 Å². The van der Waals surface area contributed by atoms with Gasteiger partial charge in [-0.1, -0.05) is 0 Å². The fourth-order valence-corrected chi connectivity index (χ4v) is 8.55. The second-order valence-electron chi connectivity index (χ2n) is 9.37. The van der Waals surface area contributed by atoms with Crippen molar-refractivity contribution >= 4 is 167 Å². The van der Waals surface area contributed by atoms with E-state index < -0.39 is 128 Å². The van der Waals surface area contributed by atoms with Crippen LogP contribution in [0.1, 0.15) is 45.0 Å². The van der Waals surface area contributed by atoms with Gasteiger partial charge >= 0.3 is 24.7 Å². The Morgan fingerprint density at radius 2 is 0.500 bits per heavy atom. The van der Waals surface area contributed by atoms with Crippen molar-refractivity contribution in [3.63, 3.8) is 0 Å². The summed E-state index contributed by atoms with van der Waals surface area (Å²) in [5, 5.41) is 0. The van der Waals surface area contributed by atoms with Gasteiger partial charge in [0.1, 0.15) is 22.3 Å². The number of nitrogens with one attached hydrogen (secondary N) is 2. The highest BCUT2D eigenvalue weighted by Gasteiger charge is 2.47. The van der Waals surface area contributed by atoms with Crippen LogP contribution in [0.3, 0.4) is 0 Å². The average molecular weight is 1210 g/mol. The van der Waals surface area contributed by atoms with E-state index in [-0.39, 0.29) is 0 Å². The number of aromatic nitrogens is 4. The van der Waals surface area contributed by atoms with Crippen LogP contribution in [0, 0.1) is 0 Å². The molecule has 24 heteroatoms. The van der Waals surface area contributed by atoms with Gasteiger partial charge in [0.2, 0.25) is 0 Å². The molecule has 258 valence electrons. The van der Waals surface area contributed by atoms with Crippen LogP contribution in [0.25, 0.3) is 40.0 Å². The zero-order valence-corrected chi connectivity index (χ0v) is 34.1. The maximum Gasteiger partial charge on any atom is 0.420 e. The van der Waals surface area contributed by atoms with Gasteiger partial charge in [0.25, 0.3) is 0 Å². The number of aromatic amines is 2. The molecule has 5 heterocycles. The van der Waals surface area contributed by atoms with Crippen LogP contribution in [0.5, 0.6) is 0 Å².